The lowest BCUT2D eigenvalue weighted by atomic mass is 10.1. The van der Waals surface area contributed by atoms with Crippen molar-refractivity contribution in [1.82, 2.24) is 4.90 Å². The van der Waals surface area contributed by atoms with Crippen LogP contribution in [0.2, 0.25) is 0 Å². The minimum absolute atomic E-state index is 0.137. The largest absolute Gasteiger partial charge is 0.481 e. The van der Waals surface area contributed by atoms with E-state index in [1.54, 1.807) is 0 Å². The van der Waals surface area contributed by atoms with Crippen LogP contribution in [-0.4, -0.2) is 23.0 Å². The van der Waals surface area contributed by atoms with E-state index in [1.165, 1.54) is 12.8 Å². The third-order valence-electron chi connectivity index (χ3n) is 4.01. The van der Waals surface area contributed by atoms with Crippen LogP contribution in [0.25, 0.3) is 0 Å². The number of ether oxygens (including phenoxy) is 1. The number of hydrogen-bond donors (Lipinski definition) is 0. The van der Waals surface area contributed by atoms with Crippen molar-refractivity contribution in [1.29, 1.82) is 0 Å². The van der Waals surface area contributed by atoms with Gasteiger partial charge in [-0.15, -0.1) is 0 Å². The van der Waals surface area contributed by atoms with Crippen LogP contribution in [0.3, 0.4) is 0 Å². The summed E-state index contributed by atoms with van der Waals surface area (Å²) in [5.74, 6) is 0.997. The molecule has 0 spiro atoms. The first-order valence-electron chi connectivity index (χ1n) is 6.81. The molecule has 96 valence electrons. The summed E-state index contributed by atoms with van der Waals surface area (Å²) < 4.78 is 5.77. The summed E-state index contributed by atoms with van der Waals surface area (Å²) in [6.07, 6.45) is 4.40. The van der Waals surface area contributed by atoms with Gasteiger partial charge in [0.2, 0.25) is 0 Å². The Bertz CT molecular complexity index is 452. The zero-order valence-corrected chi connectivity index (χ0v) is 10.8. The van der Waals surface area contributed by atoms with Crippen molar-refractivity contribution < 1.29 is 9.53 Å². The molecule has 1 aromatic carbocycles. The molecule has 1 aromatic rings. The zero-order valence-electron chi connectivity index (χ0n) is 10.8. The highest BCUT2D eigenvalue weighted by molar-refractivity contribution is 5.82. The van der Waals surface area contributed by atoms with Gasteiger partial charge in [-0.3, -0.25) is 4.79 Å². The lowest BCUT2D eigenvalue weighted by Crippen LogP contribution is -2.43. The summed E-state index contributed by atoms with van der Waals surface area (Å²) in [7, 11) is 0. The lowest BCUT2D eigenvalue weighted by molar-refractivity contribution is -0.139. The van der Waals surface area contributed by atoms with Gasteiger partial charge in [-0.2, -0.15) is 0 Å². The number of fused-ring (bicyclic) bond motifs is 1. The molecule has 2 aliphatic rings. The van der Waals surface area contributed by atoms with E-state index >= 15 is 0 Å². The van der Waals surface area contributed by atoms with Crippen LogP contribution in [0.4, 0.5) is 0 Å². The quantitative estimate of drug-likeness (QED) is 0.761. The van der Waals surface area contributed by atoms with E-state index in [0.717, 1.165) is 24.2 Å². The molecule has 0 bridgehead atoms. The van der Waals surface area contributed by atoms with Crippen LogP contribution in [0.5, 0.6) is 5.75 Å². The zero-order chi connectivity index (χ0) is 12.5. The molecule has 0 N–H and O–H groups in total. The predicted octanol–water partition coefficient (Wildman–Crippen LogP) is 2.74. The van der Waals surface area contributed by atoms with E-state index in [2.05, 4.69) is 6.07 Å². The molecule has 0 aromatic heterocycles. The minimum atomic E-state index is -0.366. The van der Waals surface area contributed by atoms with Gasteiger partial charge in [0.1, 0.15) is 5.75 Å². The molecule has 1 heterocycles. The van der Waals surface area contributed by atoms with Gasteiger partial charge in [0.15, 0.2) is 6.10 Å². The maximum atomic E-state index is 12.4. The summed E-state index contributed by atoms with van der Waals surface area (Å²) in [5, 5.41) is 0. The molecule has 0 saturated heterocycles. The average molecular weight is 245 g/mol. The van der Waals surface area contributed by atoms with Gasteiger partial charge in [0.05, 0.1) is 0 Å². The van der Waals surface area contributed by atoms with E-state index in [9.17, 15) is 4.79 Å². The van der Waals surface area contributed by atoms with Gasteiger partial charge in [0.25, 0.3) is 5.91 Å². The molecule has 1 aliphatic heterocycles. The molecular formula is C15H19NO2. The number of para-hydroxylation sites is 1. The number of hydrogen-bond acceptors (Lipinski definition) is 2. The van der Waals surface area contributed by atoms with Gasteiger partial charge in [-0.25, -0.2) is 0 Å². The molecule has 1 amide bonds. The normalized spacial score (nSPS) is 24.6. The standard InChI is InChI=1S/C15H19NO2/c1-11-15(17)16(13-7-3-4-8-13)10-12-6-2-5-9-14(12)18-11/h2,5-6,9,11,13H,3-4,7-8,10H2,1H3/t11-/m0/s1. The molecule has 1 aliphatic carbocycles. The molecule has 0 unspecified atom stereocenters. The highest BCUT2D eigenvalue weighted by Gasteiger charge is 2.33. The molecule has 3 heteroatoms. The summed E-state index contributed by atoms with van der Waals surface area (Å²) in [6, 6.07) is 8.39. The van der Waals surface area contributed by atoms with Crippen LogP contribution in [0, 0.1) is 0 Å². The predicted molar refractivity (Wildman–Crippen MR) is 69.3 cm³/mol. The van der Waals surface area contributed by atoms with Crippen molar-refractivity contribution in [2.24, 2.45) is 0 Å². The van der Waals surface area contributed by atoms with Gasteiger partial charge < -0.3 is 9.64 Å². The number of benzene rings is 1. The fourth-order valence-electron chi connectivity index (χ4n) is 3.01. The number of nitrogens with zero attached hydrogens (tertiary/aromatic N) is 1. The summed E-state index contributed by atoms with van der Waals surface area (Å²) in [6.45, 7) is 2.55. The van der Waals surface area contributed by atoms with Crippen molar-refractivity contribution in [2.45, 2.75) is 51.3 Å². The molecule has 1 atom stereocenters. The number of carbonyl (C=O) groups is 1. The SMILES string of the molecule is C[C@@H]1Oc2ccccc2CN(C2CCCC2)C1=O. The second kappa shape index (κ2) is 4.63. The first-order chi connectivity index (χ1) is 8.75. The molecule has 1 fully saturated rings. The van der Waals surface area contributed by atoms with Crippen molar-refractivity contribution in [3.63, 3.8) is 0 Å². The van der Waals surface area contributed by atoms with Crippen molar-refractivity contribution >= 4 is 5.91 Å². The Morgan fingerprint density at radius 3 is 2.72 bits per heavy atom. The lowest BCUT2D eigenvalue weighted by Gasteiger charge is -2.28. The topological polar surface area (TPSA) is 29.5 Å². The summed E-state index contributed by atoms with van der Waals surface area (Å²) in [5.41, 5.74) is 1.13. The first kappa shape index (κ1) is 11.6. The Balaban J connectivity index is 1.92. The Morgan fingerprint density at radius 2 is 1.94 bits per heavy atom. The van der Waals surface area contributed by atoms with E-state index in [-0.39, 0.29) is 12.0 Å². The van der Waals surface area contributed by atoms with Gasteiger partial charge in [-0.05, 0) is 25.8 Å². The molecule has 1 saturated carbocycles. The van der Waals surface area contributed by atoms with E-state index in [1.807, 2.05) is 30.0 Å². The monoisotopic (exact) mass is 245 g/mol. The minimum Gasteiger partial charge on any atom is -0.481 e. The van der Waals surface area contributed by atoms with Crippen LogP contribution >= 0.6 is 0 Å². The molecular weight excluding hydrogens is 226 g/mol. The first-order valence-corrected chi connectivity index (χ1v) is 6.81. The Labute approximate surface area is 108 Å². The van der Waals surface area contributed by atoms with Crippen LogP contribution in [-0.2, 0) is 11.3 Å². The third kappa shape index (κ3) is 1.98. The highest BCUT2D eigenvalue weighted by Crippen LogP contribution is 2.31. The Kier molecular flexibility index (Phi) is 2.98. The second-order valence-electron chi connectivity index (χ2n) is 5.27. The van der Waals surface area contributed by atoms with Gasteiger partial charge in [-0.1, -0.05) is 31.0 Å². The third-order valence-corrected chi connectivity index (χ3v) is 4.01. The van der Waals surface area contributed by atoms with Crippen molar-refractivity contribution in [3.8, 4) is 5.75 Å². The smallest absolute Gasteiger partial charge is 0.263 e. The molecule has 3 rings (SSSR count). The van der Waals surface area contributed by atoms with Crippen LogP contribution in [0.15, 0.2) is 24.3 Å². The number of carbonyl (C=O) groups excluding carboxylic acids is 1. The number of rotatable bonds is 1. The fourth-order valence-corrected chi connectivity index (χ4v) is 3.01. The summed E-state index contributed by atoms with van der Waals surface area (Å²) >= 11 is 0. The molecule has 18 heavy (non-hydrogen) atoms. The van der Waals surface area contributed by atoms with E-state index in [0.29, 0.717) is 12.6 Å². The Hall–Kier alpha value is -1.51. The second-order valence-corrected chi connectivity index (χ2v) is 5.27. The van der Waals surface area contributed by atoms with Gasteiger partial charge >= 0.3 is 0 Å². The Morgan fingerprint density at radius 1 is 1.22 bits per heavy atom. The average Bonchev–Trinajstić information content (AvgIpc) is 2.86. The van der Waals surface area contributed by atoms with Crippen LogP contribution in [0.1, 0.15) is 38.2 Å². The molecule has 0 radical (unpaired) electrons. The van der Waals surface area contributed by atoms with Crippen molar-refractivity contribution in [2.75, 3.05) is 0 Å². The molecule has 3 nitrogen and oxygen atoms in total. The van der Waals surface area contributed by atoms with Crippen LogP contribution < -0.4 is 4.74 Å². The van der Waals surface area contributed by atoms with Crippen molar-refractivity contribution in [3.05, 3.63) is 29.8 Å². The van der Waals surface area contributed by atoms with Gasteiger partial charge in [0, 0.05) is 18.2 Å². The summed E-state index contributed by atoms with van der Waals surface area (Å²) in [4.78, 5) is 14.4. The maximum Gasteiger partial charge on any atom is 0.263 e. The number of amides is 1. The highest BCUT2D eigenvalue weighted by atomic mass is 16.5. The maximum absolute atomic E-state index is 12.4. The fraction of sp³-hybridized carbons (Fsp3) is 0.533. The van der Waals surface area contributed by atoms with E-state index < -0.39 is 0 Å². The van der Waals surface area contributed by atoms with E-state index in [4.69, 9.17) is 4.74 Å².